The van der Waals surface area contributed by atoms with Crippen molar-refractivity contribution in [2.45, 2.75) is 6.16 Å². The molecular weight excluding hydrogens is 214 g/mol. The summed E-state index contributed by atoms with van der Waals surface area (Å²) in [4.78, 5) is 0. The van der Waals surface area contributed by atoms with E-state index in [0.717, 1.165) is 5.56 Å². The lowest BCUT2D eigenvalue weighted by Gasteiger charge is -2.03. The molecule has 0 aliphatic carbocycles. The molecule has 0 aliphatic heterocycles. The third-order valence-corrected chi connectivity index (χ3v) is 2.92. The molecule has 1 atom stereocenters. The summed E-state index contributed by atoms with van der Waals surface area (Å²) in [5, 5.41) is 0.680. The van der Waals surface area contributed by atoms with Crippen LogP contribution in [0, 0.1) is 0 Å². The maximum atomic E-state index is 11.2. The molecule has 0 N–H and O–H groups in total. The van der Waals surface area contributed by atoms with Gasteiger partial charge in [-0.3, -0.25) is 0 Å². The Hall–Kier alpha value is 0.0300. The normalized spacial score (nSPS) is 15.6. The van der Waals surface area contributed by atoms with E-state index in [2.05, 4.69) is 0 Å². The van der Waals surface area contributed by atoms with Crippen LogP contribution in [-0.2, 0) is 10.7 Å². The summed E-state index contributed by atoms with van der Waals surface area (Å²) in [5.74, 6) is 0. The quantitative estimate of drug-likeness (QED) is 0.692. The van der Waals surface area contributed by atoms with Gasteiger partial charge in [-0.2, -0.15) is 0 Å². The first-order valence-corrected chi connectivity index (χ1v) is 7.10. The van der Waals surface area contributed by atoms with Gasteiger partial charge in [-0.25, -0.2) is 0 Å². The predicted molar refractivity (Wildman–Crippen MR) is 54.5 cm³/mol. The topological polar surface area (TPSA) is 17.1 Å². The number of benzene rings is 1. The highest BCUT2D eigenvalue weighted by molar-refractivity contribution is 7.87. The van der Waals surface area contributed by atoms with E-state index in [9.17, 15) is 4.57 Å². The van der Waals surface area contributed by atoms with Crippen LogP contribution in [0.2, 0.25) is 5.02 Å². The molecule has 1 rings (SSSR count). The molecule has 1 unspecified atom stereocenters. The lowest BCUT2D eigenvalue weighted by atomic mass is 10.2. The lowest BCUT2D eigenvalue weighted by molar-refractivity contribution is 0.587. The molecule has 0 saturated heterocycles. The van der Waals surface area contributed by atoms with Gasteiger partial charge in [-0.05, 0) is 17.7 Å². The van der Waals surface area contributed by atoms with E-state index >= 15 is 0 Å². The first kappa shape index (κ1) is 10.1. The van der Waals surface area contributed by atoms with Crippen molar-refractivity contribution < 1.29 is 4.57 Å². The van der Waals surface area contributed by atoms with E-state index in [-0.39, 0.29) is 0 Å². The fourth-order valence-electron chi connectivity index (χ4n) is 0.916. The number of rotatable bonds is 2. The van der Waals surface area contributed by atoms with Crippen LogP contribution in [-0.4, -0.2) is 6.66 Å². The first-order chi connectivity index (χ1) is 5.47. The van der Waals surface area contributed by atoms with E-state index in [4.69, 9.17) is 22.8 Å². The monoisotopic (exact) mass is 222 g/mol. The minimum absolute atomic E-state index is 0.422. The summed E-state index contributed by atoms with van der Waals surface area (Å²) >= 11 is 11.3. The van der Waals surface area contributed by atoms with Gasteiger partial charge in [0.1, 0.15) is 0 Å². The molecule has 4 heteroatoms. The maximum absolute atomic E-state index is 11.2. The lowest BCUT2D eigenvalue weighted by Crippen LogP contribution is -1.81. The van der Waals surface area contributed by atoms with Crippen LogP contribution in [0.1, 0.15) is 5.56 Å². The third-order valence-electron chi connectivity index (χ3n) is 1.38. The zero-order valence-electron chi connectivity index (χ0n) is 6.63. The molecule has 0 bridgehead atoms. The molecule has 0 amide bonds. The van der Waals surface area contributed by atoms with Crippen LogP contribution in [0.4, 0.5) is 0 Å². The predicted octanol–water partition coefficient (Wildman–Crippen LogP) is 3.99. The van der Waals surface area contributed by atoms with Gasteiger partial charge in [-0.15, -0.1) is 0 Å². The maximum Gasteiger partial charge on any atom is 0.170 e. The molecular formula is C8H9Cl2OP. The summed E-state index contributed by atoms with van der Waals surface area (Å²) in [6.07, 6.45) is 0.422. The van der Waals surface area contributed by atoms with Gasteiger partial charge < -0.3 is 4.57 Å². The van der Waals surface area contributed by atoms with Crippen LogP contribution in [0.3, 0.4) is 0 Å². The first-order valence-electron chi connectivity index (χ1n) is 3.48. The number of halogens is 2. The van der Waals surface area contributed by atoms with E-state index in [1.54, 1.807) is 18.8 Å². The molecule has 12 heavy (non-hydrogen) atoms. The fourth-order valence-corrected chi connectivity index (χ4v) is 2.32. The Balaban J connectivity index is 2.78. The summed E-state index contributed by atoms with van der Waals surface area (Å²) in [7, 11) is 0. The minimum atomic E-state index is -2.47. The molecule has 0 aliphatic rings. The Kier molecular flexibility index (Phi) is 3.22. The Morgan fingerprint density at radius 1 is 1.33 bits per heavy atom. The molecule has 1 aromatic rings. The fraction of sp³-hybridized carbons (Fsp3) is 0.250. The molecule has 1 nitrogen and oxygen atoms in total. The zero-order chi connectivity index (χ0) is 9.19. The van der Waals surface area contributed by atoms with E-state index in [0.29, 0.717) is 11.2 Å². The number of hydrogen-bond acceptors (Lipinski definition) is 1. The minimum Gasteiger partial charge on any atom is -0.307 e. The van der Waals surface area contributed by atoms with Crippen LogP contribution < -0.4 is 0 Å². The summed E-state index contributed by atoms with van der Waals surface area (Å²) in [5.41, 5.74) is 0.959. The van der Waals surface area contributed by atoms with Gasteiger partial charge in [0, 0.05) is 17.8 Å². The molecule has 0 spiro atoms. The van der Waals surface area contributed by atoms with Crippen molar-refractivity contribution in [3.8, 4) is 0 Å². The van der Waals surface area contributed by atoms with Gasteiger partial charge in [0.05, 0.1) is 0 Å². The van der Waals surface area contributed by atoms with Gasteiger partial charge >= 0.3 is 0 Å². The van der Waals surface area contributed by atoms with Gasteiger partial charge in [0.25, 0.3) is 0 Å². The Morgan fingerprint density at radius 3 is 2.25 bits per heavy atom. The van der Waals surface area contributed by atoms with Gasteiger partial charge in [0.2, 0.25) is 0 Å². The highest BCUT2D eigenvalue weighted by Gasteiger charge is 2.10. The molecule has 0 saturated carbocycles. The van der Waals surface area contributed by atoms with Gasteiger partial charge in [0.15, 0.2) is 6.49 Å². The van der Waals surface area contributed by atoms with Crippen LogP contribution in [0.25, 0.3) is 0 Å². The average Bonchev–Trinajstić information content (AvgIpc) is 1.91. The van der Waals surface area contributed by atoms with Crippen LogP contribution >= 0.6 is 29.3 Å². The van der Waals surface area contributed by atoms with Crippen molar-refractivity contribution in [1.82, 2.24) is 0 Å². The second-order valence-corrected chi connectivity index (χ2v) is 7.64. The molecule has 66 valence electrons. The summed E-state index contributed by atoms with van der Waals surface area (Å²) in [6.45, 7) is -0.915. The Morgan fingerprint density at radius 2 is 1.83 bits per heavy atom. The van der Waals surface area contributed by atoms with Gasteiger partial charge in [-0.1, -0.05) is 35.0 Å². The molecule has 0 fully saturated rings. The largest absolute Gasteiger partial charge is 0.307 e. The van der Waals surface area contributed by atoms with Crippen molar-refractivity contribution >= 4 is 29.3 Å². The second kappa shape index (κ2) is 3.83. The summed E-state index contributed by atoms with van der Waals surface area (Å²) in [6, 6.07) is 7.20. The highest BCUT2D eigenvalue weighted by Crippen LogP contribution is 2.50. The average molecular weight is 223 g/mol. The van der Waals surface area contributed by atoms with Crippen LogP contribution in [0.5, 0.6) is 0 Å². The molecule has 0 aromatic heterocycles. The SMILES string of the molecule is CP(=O)(Cl)Cc1ccc(Cl)cc1. The van der Waals surface area contributed by atoms with Crippen molar-refractivity contribution in [2.75, 3.05) is 6.66 Å². The third kappa shape index (κ3) is 3.62. The number of hydrogen-bond donors (Lipinski definition) is 0. The van der Waals surface area contributed by atoms with E-state index < -0.39 is 6.49 Å². The highest BCUT2D eigenvalue weighted by atomic mass is 35.7. The molecule has 1 aromatic carbocycles. The smallest absolute Gasteiger partial charge is 0.170 e. The Bertz CT molecular complexity index is 301. The van der Waals surface area contributed by atoms with Crippen molar-refractivity contribution in [3.05, 3.63) is 34.9 Å². The summed E-state index contributed by atoms with van der Waals surface area (Å²) < 4.78 is 11.2. The van der Waals surface area contributed by atoms with E-state index in [1.165, 1.54) is 0 Å². The van der Waals surface area contributed by atoms with Crippen molar-refractivity contribution in [1.29, 1.82) is 0 Å². The second-order valence-electron chi connectivity index (χ2n) is 2.77. The zero-order valence-corrected chi connectivity index (χ0v) is 9.03. The standard InChI is InChI=1S/C8H9Cl2OP/c1-12(10,11)6-7-2-4-8(9)5-3-7/h2-5H,6H2,1H3. The van der Waals surface area contributed by atoms with Crippen LogP contribution in [0.15, 0.2) is 24.3 Å². The van der Waals surface area contributed by atoms with E-state index in [1.807, 2.05) is 12.1 Å². The molecule has 0 heterocycles. The molecule has 0 radical (unpaired) electrons. The Labute approximate surface area is 81.8 Å². The van der Waals surface area contributed by atoms with Crippen molar-refractivity contribution in [2.24, 2.45) is 0 Å². The van der Waals surface area contributed by atoms with Crippen molar-refractivity contribution in [3.63, 3.8) is 0 Å².